The molecule has 1 fully saturated rings. The van der Waals surface area contributed by atoms with E-state index in [1.807, 2.05) is 0 Å². The number of nitrogens with two attached hydrogens (primary N) is 1. The van der Waals surface area contributed by atoms with Crippen molar-refractivity contribution in [3.8, 4) is 0 Å². The third-order valence-corrected chi connectivity index (χ3v) is 3.21. The molecule has 1 unspecified atom stereocenters. The summed E-state index contributed by atoms with van der Waals surface area (Å²) in [6.07, 6.45) is 2.44. The molecule has 2 heterocycles. The van der Waals surface area contributed by atoms with Crippen molar-refractivity contribution in [2.24, 2.45) is 5.73 Å². The molecule has 1 aromatic rings. The molecule has 3 N–H and O–H groups in total. The predicted octanol–water partition coefficient (Wildman–Crippen LogP) is -1.34. The Morgan fingerprint density at radius 3 is 3.16 bits per heavy atom. The second-order valence-corrected chi connectivity index (χ2v) is 4.58. The summed E-state index contributed by atoms with van der Waals surface area (Å²) in [6.45, 7) is 2.03. The lowest BCUT2D eigenvalue weighted by Crippen LogP contribution is -2.45. The summed E-state index contributed by atoms with van der Waals surface area (Å²) in [6, 6.07) is 0. The highest BCUT2D eigenvalue weighted by Gasteiger charge is 2.35. The van der Waals surface area contributed by atoms with Gasteiger partial charge < -0.3 is 20.5 Å². The van der Waals surface area contributed by atoms with Crippen LogP contribution >= 0.6 is 0 Å². The Morgan fingerprint density at radius 1 is 1.74 bits per heavy atom. The minimum absolute atomic E-state index is 0.119. The molecule has 0 saturated carbocycles. The second kappa shape index (κ2) is 6.09. The fourth-order valence-electron chi connectivity index (χ4n) is 1.93. The number of nitrogens with one attached hydrogen (secondary N) is 1. The molecule has 0 aliphatic carbocycles. The van der Waals surface area contributed by atoms with E-state index in [4.69, 9.17) is 15.2 Å². The molecule has 8 heteroatoms. The average Bonchev–Trinajstić information content (AvgIpc) is 3.06. The quantitative estimate of drug-likeness (QED) is 0.662. The van der Waals surface area contributed by atoms with Gasteiger partial charge in [0.25, 0.3) is 0 Å². The van der Waals surface area contributed by atoms with Gasteiger partial charge >= 0.3 is 0 Å². The molecule has 1 aromatic heterocycles. The molecule has 2 rings (SSSR count). The van der Waals surface area contributed by atoms with E-state index in [0.717, 1.165) is 6.42 Å². The van der Waals surface area contributed by atoms with Gasteiger partial charge in [0.15, 0.2) is 0 Å². The number of ether oxygens (including phenoxy) is 2. The molecule has 0 aromatic carbocycles. The molecule has 8 nitrogen and oxygen atoms in total. The van der Waals surface area contributed by atoms with Crippen LogP contribution in [0.1, 0.15) is 12.1 Å². The number of carbonyl (C=O) groups is 1. The van der Waals surface area contributed by atoms with Crippen molar-refractivity contribution in [3.63, 3.8) is 0 Å². The summed E-state index contributed by atoms with van der Waals surface area (Å²) < 4.78 is 12.2. The number of methoxy groups -OCH3 is 1. The van der Waals surface area contributed by atoms with E-state index >= 15 is 0 Å². The summed E-state index contributed by atoms with van der Waals surface area (Å²) in [7, 11) is 1.63. The van der Waals surface area contributed by atoms with Gasteiger partial charge in [-0.15, -0.1) is 5.10 Å². The van der Waals surface area contributed by atoms with Crippen LogP contribution in [0.2, 0.25) is 0 Å². The number of hydrogen-bond acceptors (Lipinski definition) is 6. The lowest BCUT2D eigenvalue weighted by Gasteiger charge is -2.25. The van der Waals surface area contributed by atoms with E-state index in [1.54, 1.807) is 13.3 Å². The Labute approximate surface area is 111 Å². The lowest BCUT2D eigenvalue weighted by molar-refractivity contribution is -0.123. The normalized spacial score (nSPS) is 22.6. The summed E-state index contributed by atoms with van der Waals surface area (Å²) in [4.78, 5) is 11.8. The summed E-state index contributed by atoms with van der Waals surface area (Å²) in [5.41, 5.74) is 5.68. The minimum Gasteiger partial charge on any atom is -0.378 e. The van der Waals surface area contributed by atoms with Crippen LogP contribution in [0.3, 0.4) is 0 Å². The fraction of sp³-hybridized carbons (Fsp3) is 0.727. The van der Waals surface area contributed by atoms with E-state index < -0.39 is 5.60 Å². The molecule has 1 aliphatic heterocycles. The predicted molar refractivity (Wildman–Crippen MR) is 66.1 cm³/mol. The van der Waals surface area contributed by atoms with Crippen LogP contribution in [0.4, 0.5) is 0 Å². The lowest BCUT2D eigenvalue weighted by atomic mass is 10.0. The zero-order chi connectivity index (χ0) is 13.7. The van der Waals surface area contributed by atoms with Crippen molar-refractivity contribution < 1.29 is 14.3 Å². The van der Waals surface area contributed by atoms with Gasteiger partial charge in [-0.2, -0.15) is 0 Å². The Bertz CT molecular complexity index is 428. The van der Waals surface area contributed by atoms with Crippen LogP contribution in [0.5, 0.6) is 0 Å². The molecular weight excluding hydrogens is 250 g/mol. The summed E-state index contributed by atoms with van der Waals surface area (Å²) in [5, 5.41) is 10.5. The standard InChI is InChI=1S/C11H19N5O3/c1-18-11(2-3-19-8-11)7-13-10(17)6-16-5-9(4-12)14-15-16/h5H,2-4,6-8,12H2,1H3,(H,13,17). The highest BCUT2D eigenvalue weighted by Crippen LogP contribution is 2.21. The first-order valence-corrected chi connectivity index (χ1v) is 6.16. The largest absolute Gasteiger partial charge is 0.378 e. The topological polar surface area (TPSA) is 104 Å². The van der Waals surface area contributed by atoms with Gasteiger partial charge in [0.2, 0.25) is 5.91 Å². The van der Waals surface area contributed by atoms with Gasteiger partial charge in [-0.25, -0.2) is 4.68 Å². The Hall–Kier alpha value is -1.51. The van der Waals surface area contributed by atoms with Crippen LogP contribution < -0.4 is 11.1 Å². The molecule has 19 heavy (non-hydrogen) atoms. The zero-order valence-corrected chi connectivity index (χ0v) is 11.0. The van der Waals surface area contributed by atoms with E-state index in [9.17, 15) is 4.79 Å². The molecule has 0 radical (unpaired) electrons. The SMILES string of the molecule is COC1(CNC(=O)Cn2cc(CN)nn2)CCOC1. The van der Waals surface area contributed by atoms with Crippen LogP contribution in [0, 0.1) is 0 Å². The first-order chi connectivity index (χ1) is 9.17. The van der Waals surface area contributed by atoms with E-state index in [-0.39, 0.29) is 12.5 Å². The van der Waals surface area contributed by atoms with E-state index in [2.05, 4.69) is 15.6 Å². The summed E-state index contributed by atoms with van der Waals surface area (Å²) in [5.74, 6) is -0.142. The number of nitrogens with zero attached hydrogens (tertiary/aromatic N) is 3. The van der Waals surface area contributed by atoms with Crippen LogP contribution in [-0.4, -0.2) is 53.4 Å². The van der Waals surface area contributed by atoms with Crippen molar-refractivity contribution in [1.82, 2.24) is 20.3 Å². The molecular formula is C11H19N5O3. The van der Waals surface area contributed by atoms with Gasteiger partial charge in [0, 0.05) is 33.2 Å². The van der Waals surface area contributed by atoms with E-state index in [1.165, 1.54) is 4.68 Å². The van der Waals surface area contributed by atoms with Gasteiger partial charge in [-0.1, -0.05) is 5.21 Å². The van der Waals surface area contributed by atoms with Crippen molar-refractivity contribution in [1.29, 1.82) is 0 Å². The van der Waals surface area contributed by atoms with Crippen LogP contribution in [0.25, 0.3) is 0 Å². The molecule has 1 aliphatic rings. The van der Waals surface area contributed by atoms with Crippen molar-refractivity contribution in [2.75, 3.05) is 26.9 Å². The number of rotatable bonds is 6. The van der Waals surface area contributed by atoms with Gasteiger partial charge in [-0.05, 0) is 0 Å². The van der Waals surface area contributed by atoms with Crippen LogP contribution in [-0.2, 0) is 27.4 Å². The number of carbonyl (C=O) groups excluding carboxylic acids is 1. The smallest absolute Gasteiger partial charge is 0.241 e. The summed E-state index contributed by atoms with van der Waals surface area (Å²) >= 11 is 0. The Morgan fingerprint density at radius 2 is 2.58 bits per heavy atom. The van der Waals surface area contributed by atoms with Crippen molar-refractivity contribution >= 4 is 5.91 Å². The average molecular weight is 269 g/mol. The van der Waals surface area contributed by atoms with Gasteiger partial charge in [-0.3, -0.25) is 4.79 Å². The third-order valence-electron chi connectivity index (χ3n) is 3.21. The van der Waals surface area contributed by atoms with Gasteiger partial charge in [0.1, 0.15) is 12.1 Å². The van der Waals surface area contributed by atoms with Crippen molar-refractivity contribution in [2.45, 2.75) is 25.1 Å². The number of aromatic nitrogens is 3. The highest BCUT2D eigenvalue weighted by atomic mass is 16.5. The Balaban J connectivity index is 1.81. The maximum Gasteiger partial charge on any atom is 0.241 e. The van der Waals surface area contributed by atoms with Crippen molar-refractivity contribution in [3.05, 3.63) is 11.9 Å². The monoisotopic (exact) mass is 269 g/mol. The molecule has 1 amide bonds. The highest BCUT2D eigenvalue weighted by molar-refractivity contribution is 5.75. The Kier molecular flexibility index (Phi) is 4.46. The third kappa shape index (κ3) is 3.49. The molecule has 106 valence electrons. The maximum atomic E-state index is 11.8. The maximum absolute atomic E-state index is 11.8. The molecule has 1 saturated heterocycles. The number of hydrogen-bond donors (Lipinski definition) is 2. The molecule has 0 spiro atoms. The molecule has 0 bridgehead atoms. The first-order valence-electron chi connectivity index (χ1n) is 6.16. The van der Waals surface area contributed by atoms with Gasteiger partial charge in [0.05, 0.1) is 18.5 Å². The number of amides is 1. The first kappa shape index (κ1) is 13.9. The van der Waals surface area contributed by atoms with Crippen LogP contribution in [0.15, 0.2) is 6.20 Å². The molecule has 1 atom stereocenters. The second-order valence-electron chi connectivity index (χ2n) is 4.58. The minimum atomic E-state index is -0.402. The zero-order valence-electron chi connectivity index (χ0n) is 11.0. The fourth-order valence-corrected chi connectivity index (χ4v) is 1.93. The van der Waals surface area contributed by atoms with E-state index in [0.29, 0.717) is 32.0 Å².